The fourth-order valence-corrected chi connectivity index (χ4v) is 9.01. The average molecular weight is 1030 g/mol. The predicted molar refractivity (Wildman–Crippen MR) is 281 cm³/mol. The molecule has 4 aromatic carbocycles. The fourth-order valence-electron chi connectivity index (χ4n) is 8.28. The van der Waals surface area contributed by atoms with E-state index in [9.17, 15) is 8.78 Å². The van der Waals surface area contributed by atoms with Crippen LogP contribution in [-0.2, 0) is 6.42 Å². The van der Waals surface area contributed by atoms with E-state index in [2.05, 4.69) is 74.5 Å². The quantitative estimate of drug-likeness (QED) is 0.0899. The summed E-state index contributed by atoms with van der Waals surface area (Å²) in [4.78, 5) is 32.2. The van der Waals surface area contributed by atoms with Gasteiger partial charge in [0.05, 0.1) is 21.1 Å². The van der Waals surface area contributed by atoms with Crippen molar-refractivity contribution in [3.05, 3.63) is 154 Å². The summed E-state index contributed by atoms with van der Waals surface area (Å²) >= 11 is 15.4. The van der Waals surface area contributed by atoms with Crippen LogP contribution in [0.4, 0.5) is 31.8 Å². The van der Waals surface area contributed by atoms with E-state index >= 15 is 0 Å². The number of pyridine rings is 2. The summed E-state index contributed by atoms with van der Waals surface area (Å²) in [6.45, 7) is 8.35. The van der Waals surface area contributed by atoms with Crippen LogP contribution in [0.3, 0.4) is 0 Å². The molecule has 2 aliphatic heterocycles. The monoisotopic (exact) mass is 1030 g/mol. The number of aryl methyl sites for hydroxylation is 1. The first-order valence-electron chi connectivity index (χ1n) is 23.4. The fraction of sp³-hybridized carbons (Fsp3) is 0.283. The van der Waals surface area contributed by atoms with E-state index in [1.165, 1.54) is 102 Å². The zero-order valence-electron chi connectivity index (χ0n) is 38.2. The third-order valence-electron chi connectivity index (χ3n) is 11.9. The van der Waals surface area contributed by atoms with Crippen molar-refractivity contribution in [1.82, 2.24) is 39.7 Å². The molecule has 69 heavy (non-hydrogen) atoms. The number of likely N-dealkylation sites (tertiary alicyclic amines) is 2. The number of fused-ring (bicyclic) bond motifs is 2. The van der Waals surface area contributed by atoms with Gasteiger partial charge < -0.3 is 26.2 Å². The van der Waals surface area contributed by atoms with E-state index in [0.29, 0.717) is 34.7 Å². The molecule has 0 atom stereocenters. The molecule has 0 saturated carbocycles. The average Bonchev–Trinajstić information content (AvgIpc) is 4.11. The molecule has 2 fully saturated rings. The molecule has 16 heteroatoms. The molecule has 0 radical (unpaired) electrons. The molecule has 0 spiro atoms. The van der Waals surface area contributed by atoms with Gasteiger partial charge in [-0.15, -0.1) is 0 Å². The van der Waals surface area contributed by atoms with E-state index in [1.54, 1.807) is 43.0 Å². The number of unbranched alkanes of at least 4 members (excludes halogenated alkanes) is 1. The van der Waals surface area contributed by atoms with Gasteiger partial charge in [-0.2, -0.15) is 0 Å². The van der Waals surface area contributed by atoms with Gasteiger partial charge in [-0.3, -0.25) is 9.97 Å². The zero-order valence-corrected chi connectivity index (χ0v) is 41.3. The van der Waals surface area contributed by atoms with Gasteiger partial charge in [0, 0.05) is 62.5 Å². The molecule has 4 aromatic heterocycles. The van der Waals surface area contributed by atoms with Crippen LogP contribution < -0.4 is 16.4 Å². The van der Waals surface area contributed by atoms with Crippen LogP contribution in [0, 0.1) is 11.6 Å². The van der Waals surface area contributed by atoms with Gasteiger partial charge in [0.2, 0.25) is 0 Å². The van der Waals surface area contributed by atoms with E-state index in [0.717, 1.165) is 56.8 Å². The van der Waals surface area contributed by atoms with Crippen molar-refractivity contribution in [1.29, 1.82) is 0 Å². The Morgan fingerprint density at radius 2 is 1.09 bits per heavy atom. The number of benzene rings is 4. The van der Waals surface area contributed by atoms with Gasteiger partial charge in [0.25, 0.3) is 0 Å². The largest absolute Gasteiger partial charge is 0.340 e. The number of anilines is 4. The lowest BCUT2D eigenvalue weighted by molar-refractivity contribution is 0.330. The number of hydrogen-bond donors (Lipinski definition) is 3. The minimum Gasteiger partial charge on any atom is -0.340 e. The topological polar surface area (TPSA) is 134 Å². The van der Waals surface area contributed by atoms with Crippen LogP contribution in [0.5, 0.6) is 0 Å². The van der Waals surface area contributed by atoms with Crippen molar-refractivity contribution in [2.75, 3.05) is 56.4 Å². The van der Waals surface area contributed by atoms with E-state index in [1.807, 2.05) is 42.5 Å². The molecule has 0 aliphatic carbocycles. The number of nitrogens with zero attached hydrogens (tertiary/aromatic N) is 8. The standard InChI is InChI=1S/C27H27ClFN5.C19H11BrClFN4.C7H16N2/c28-23-17-21(9-10-24(23)29)31-27-22-16-19(6-1-2-13-34-14-3-4-15-34)8-11-25(22)32-26(33-27)20-7-5-12-30-18-20;20-12-3-6-17-14(8-12)19(24-13-4-5-16(22)15(21)9-13)26-18(25-17)11-2-1-7-23-10-11;8-4-3-7-9-5-1-2-6-9/h5,7-12,16-18H,1-4,6,13-15H2,(H,31,32,33);1-10H,(H,24,25,26);1-8H2. The third kappa shape index (κ3) is 14.0. The maximum atomic E-state index is 13.7. The lowest BCUT2D eigenvalue weighted by Gasteiger charge is -2.14. The zero-order chi connectivity index (χ0) is 48.0. The first-order valence-corrected chi connectivity index (χ1v) is 24.9. The Hall–Kier alpha value is -5.74. The number of nitrogens with one attached hydrogen (secondary N) is 2. The van der Waals surface area contributed by atoms with Gasteiger partial charge in [0.15, 0.2) is 11.6 Å². The van der Waals surface area contributed by atoms with Crippen LogP contribution in [0.1, 0.15) is 50.5 Å². The minimum atomic E-state index is -0.469. The summed E-state index contributed by atoms with van der Waals surface area (Å²) in [5.41, 5.74) is 11.2. The maximum Gasteiger partial charge on any atom is 0.163 e. The Labute approximate surface area is 420 Å². The number of hydrogen-bond acceptors (Lipinski definition) is 11. The van der Waals surface area contributed by atoms with Gasteiger partial charge in [-0.1, -0.05) is 45.2 Å². The Balaban J connectivity index is 0.000000161. The number of halogens is 5. The van der Waals surface area contributed by atoms with Crippen molar-refractivity contribution in [2.45, 2.75) is 51.4 Å². The molecule has 10 rings (SSSR count). The first kappa shape index (κ1) is 49.7. The lowest BCUT2D eigenvalue weighted by Crippen LogP contribution is -2.22. The van der Waals surface area contributed by atoms with Crippen LogP contribution >= 0.6 is 39.1 Å². The summed E-state index contributed by atoms with van der Waals surface area (Å²) in [5.74, 6) is 1.46. The highest BCUT2D eigenvalue weighted by Crippen LogP contribution is 2.32. The molecule has 4 N–H and O–H groups in total. The maximum absolute atomic E-state index is 13.7. The van der Waals surface area contributed by atoms with E-state index < -0.39 is 11.6 Å². The Bertz CT molecular complexity index is 2940. The second-order valence-electron chi connectivity index (χ2n) is 17.0. The van der Waals surface area contributed by atoms with Crippen molar-refractivity contribution in [3.63, 3.8) is 0 Å². The smallest absolute Gasteiger partial charge is 0.163 e. The van der Waals surface area contributed by atoms with Gasteiger partial charge in [-0.05, 0) is 194 Å². The van der Waals surface area contributed by atoms with Crippen LogP contribution in [0.2, 0.25) is 10.0 Å². The molecule has 8 aromatic rings. The van der Waals surface area contributed by atoms with Gasteiger partial charge in [0.1, 0.15) is 23.3 Å². The summed E-state index contributed by atoms with van der Waals surface area (Å²) in [5, 5.41) is 8.39. The molecule has 356 valence electrons. The molecule has 0 bridgehead atoms. The number of nitrogens with two attached hydrogens (primary N) is 1. The molecule has 11 nitrogen and oxygen atoms in total. The van der Waals surface area contributed by atoms with Gasteiger partial charge >= 0.3 is 0 Å². The highest BCUT2D eigenvalue weighted by molar-refractivity contribution is 9.10. The van der Waals surface area contributed by atoms with Crippen LogP contribution in [0.15, 0.2) is 126 Å². The summed E-state index contributed by atoms with van der Waals surface area (Å²) in [6.07, 6.45) is 16.8. The first-order chi connectivity index (χ1) is 33.7. The molecule has 0 amide bonds. The Morgan fingerprint density at radius 1 is 0.580 bits per heavy atom. The molecular formula is C53H54BrCl2F2N11. The van der Waals surface area contributed by atoms with Crippen molar-refractivity contribution in [2.24, 2.45) is 5.73 Å². The molecule has 2 saturated heterocycles. The van der Waals surface area contributed by atoms with Crippen molar-refractivity contribution >= 4 is 83.9 Å². The molecule has 6 heterocycles. The van der Waals surface area contributed by atoms with Crippen molar-refractivity contribution in [3.8, 4) is 22.8 Å². The molecule has 2 aliphatic rings. The highest BCUT2D eigenvalue weighted by Gasteiger charge is 2.15. The molecule has 0 unspecified atom stereocenters. The number of rotatable bonds is 14. The second kappa shape index (κ2) is 24.7. The Kier molecular flexibility index (Phi) is 17.8. The third-order valence-corrected chi connectivity index (χ3v) is 13.0. The van der Waals surface area contributed by atoms with E-state index in [-0.39, 0.29) is 10.0 Å². The second-order valence-corrected chi connectivity index (χ2v) is 18.7. The van der Waals surface area contributed by atoms with Crippen LogP contribution in [-0.4, -0.2) is 85.5 Å². The Morgan fingerprint density at radius 3 is 1.58 bits per heavy atom. The number of aromatic nitrogens is 6. The summed E-state index contributed by atoms with van der Waals surface area (Å²) in [7, 11) is 0. The van der Waals surface area contributed by atoms with Crippen LogP contribution in [0.25, 0.3) is 44.6 Å². The molecular weight excluding hydrogens is 979 g/mol. The summed E-state index contributed by atoms with van der Waals surface area (Å²) < 4.78 is 28.0. The lowest BCUT2D eigenvalue weighted by atomic mass is 10.0. The highest BCUT2D eigenvalue weighted by atomic mass is 79.9. The normalized spacial score (nSPS) is 13.8. The van der Waals surface area contributed by atoms with E-state index in [4.69, 9.17) is 38.9 Å². The van der Waals surface area contributed by atoms with Gasteiger partial charge in [-0.25, -0.2) is 28.7 Å². The predicted octanol–water partition coefficient (Wildman–Crippen LogP) is 13.1. The SMILES string of the molecule is Fc1ccc(Nc2nc(-c3cccnc3)nc3ccc(Br)cc23)cc1Cl.Fc1ccc(Nc2nc(-c3cccnc3)nc3ccc(CCCCN4CCCC4)cc23)cc1Cl.NCCCN1CCCC1. The minimum absolute atomic E-state index is 0.0435. The summed E-state index contributed by atoms with van der Waals surface area (Å²) in [6, 6.07) is 28.6. The van der Waals surface area contributed by atoms with Crippen molar-refractivity contribution < 1.29 is 8.78 Å².